The van der Waals surface area contributed by atoms with Crippen LogP contribution in [0.1, 0.15) is 0 Å². The SMILES string of the molecule is c1ccc(-c2ccc(-c3ccccc3N(c3ccc(-c4cccc5c4oc4ccccc45)cc3)c3cccc4oc5ccccc5c34)c(-c3ccccc3-c3ccccc3)c2)cc1. The number of benzene rings is 10. The molecule has 10 aromatic carbocycles. The van der Waals surface area contributed by atoms with E-state index < -0.39 is 0 Å². The van der Waals surface area contributed by atoms with Gasteiger partial charge < -0.3 is 13.7 Å². The van der Waals surface area contributed by atoms with Crippen LogP contribution in [0.5, 0.6) is 0 Å². The zero-order chi connectivity index (χ0) is 41.7. The van der Waals surface area contributed by atoms with E-state index in [2.05, 4.69) is 223 Å². The zero-order valence-corrected chi connectivity index (χ0v) is 34.3. The van der Waals surface area contributed by atoms with Crippen molar-refractivity contribution in [2.75, 3.05) is 4.90 Å². The Morgan fingerprint density at radius 1 is 0.270 bits per heavy atom. The summed E-state index contributed by atoms with van der Waals surface area (Å²) in [6.07, 6.45) is 0. The van der Waals surface area contributed by atoms with Crippen LogP contribution in [0.4, 0.5) is 17.1 Å². The summed E-state index contributed by atoms with van der Waals surface area (Å²) in [6.45, 7) is 0. The molecule has 0 bridgehead atoms. The minimum Gasteiger partial charge on any atom is -0.456 e. The lowest BCUT2D eigenvalue weighted by Gasteiger charge is -2.29. The van der Waals surface area contributed by atoms with Gasteiger partial charge in [-0.15, -0.1) is 0 Å². The van der Waals surface area contributed by atoms with Gasteiger partial charge in [0.15, 0.2) is 0 Å². The first-order valence-electron chi connectivity index (χ1n) is 21.4. The molecule has 0 unspecified atom stereocenters. The Labute approximate surface area is 365 Å². The van der Waals surface area contributed by atoms with Crippen LogP contribution in [0.25, 0.3) is 99.5 Å². The van der Waals surface area contributed by atoms with Gasteiger partial charge in [-0.2, -0.15) is 0 Å². The number of anilines is 3. The molecule has 12 rings (SSSR count). The normalized spacial score (nSPS) is 11.5. The lowest BCUT2D eigenvalue weighted by Crippen LogP contribution is -2.11. The molecule has 2 aromatic heterocycles. The van der Waals surface area contributed by atoms with Crippen molar-refractivity contribution >= 4 is 60.9 Å². The second kappa shape index (κ2) is 15.3. The second-order valence-corrected chi connectivity index (χ2v) is 16.0. The summed E-state index contributed by atoms with van der Waals surface area (Å²) in [5.41, 5.74) is 18.0. The molecule has 3 heteroatoms. The number of fused-ring (bicyclic) bond motifs is 6. The number of hydrogen-bond donors (Lipinski definition) is 0. The maximum absolute atomic E-state index is 6.52. The molecule has 0 atom stereocenters. The maximum atomic E-state index is 6.52. The van der Waals surface area contributed by atoms with Gasteiger partial charge >= 0.3 is 0 Å². The molecule has 0 saturated heterocycles. The standard InChI is InChI=1S/C60H39NO2/c1-3-17-40(18-4-1)43-35-38-48(53(39-43)47-22-8-7-21-45(47)41-19-5-2-6-20-41)49-23-9-12-28-54(49)61(55-29-16-32-58-59(55)52-25-11-14-31-57(52)62-58)44-36-33-42(34-37-44)46-26-15-27-51-50-24-10-13-30-56(50)63-60(46)51/h1-39H. The van der Waals surface area contributed by atoms with Crippen molar-refractivity contribution in [1.29, 1.82) is 0 Å². The van der Waals surface area contributed by atoms with Crippen LogP contribution in [0.3, 0.4) is 0 Å². The molecule has 0 fully saturated rings. The molecule has 0 spiro atoms. The highest BCUT2D eigenvalue weighted by Gasteiger charge is 2.24. The maximum Gasteiger partial charge on any atom is 0.143 e. The highest BCUT2D eigenvalue weighted by molar-refractivity contribution is 6.14. The van der Waals surface area contributed by atoms with Crippen LogP contribution in [0, 0.1) is 0 Å². The number of rotatable bonds is 8. The molecular weight excluding hydrogens is 767 g/mol. The Morgan fingerprint density at radius 2 is 0.794 bits per heavy atom. The largest absolute Gasteiger partial charge is 0.456 e. The smallest absolute Gasteiger partial charge is 0.143 e. The van der Waals surface area contributed by atoms with Gasteiger partial charge in [0.25, 0.3) is 0 Å². The van der Waals surface area contributed by atoms with Crippen molar-refractivity contribution in [3.8, 4) is 55.6 Å². The van der Waals surface area contributed by atoms with Crippen LogP contribution in [0.15, 0.2) is 245 Å². The van der Waals surface area contributed by atoms with E-state index in [0.717, 1.165) is 94.3 Å². The highest BCUT2D eigenvalue weighted by Crippen LogP contribution is 2.49. The topological polar surface area (TPSA) is 29.5 Å². The van der Waals surface area contributed by atoms with Gasteiger partial charge in [0.05, 0.1) is 16.8 Å². The van der Waals surface area contributed by atoms with Crippen molar-refractivity contribution in [3.63, 3.8) is 0 Å². The van der Waals surface area contributed by atoms with Gasteiger partial charge in [-0.1, -0.05) is 188 Å². The molecule has 0 amide bonds. The van der Waals surface area contributed by atoms with Crippen molar-refractivity contribution in [3.05, 3.63) is 237 Å². The number of furan rings is 2. The fourth-order valence-corrected chi connectivity index (χ4v) is 9.41. The fourth-order valence-electron chi connectivity index (χ4n) is 9.41. The minimum absolute atomic E-state index is 0.842. The average molecular weight is 806 g/mol. The Bertz CT molecular complexity index is 3620. The summed E-state index contributed by atoms with van der Waals surface area (Å²) in [6, 6.07) is 84.2. The van der Waals surface area contributed by atoms with Gasteiger partial charge in [-0.25, -0.2) is 0 Å². The monoisotopic (exact) mass is 805 g/mol. The second-order valence-electron chi connectivity index (χ2n) is 16.0. The first-order chi connectivity index (χ1) is 31.3. The van der Waals surface area contributed by atoms with Gasteiger partial charge in [0, 0.05) is 33.0 Å². The molecule has 12 aromatic rings. The Kier molecular flexibility index (Phi) is 8.83. The molecule has 0 aliphatic carbocycles. The molecule has 0 aliphatic heterocycles. The minimum atomic E-state index is 0.842. The fraction of sp³-hybridized carbons (Fsp3) is 0. The van der Waals surface area contributed by atoms with Crippen molar-refractivity contribution in [1.82, 2.24) is 0 Å². The molecule has 63 heavy (non-hydrogen) atoms. The summed E-state index contributed by atoms with van der Waals surface area (Å²) in [5.74, 6) is 0. The van der Waals surface area contributed by atoms with Crippen LogP contribution < -0.4 is 4.90 Å². The summed E-state index contributed by atoms with van der Waals surface area (Å²) in [4.78, 5) is 2.41. The quantitative estimate of drug-likeness (QED) is 0.153. The van der Waals surface area contributed by atoms with Crippen LogP contribution >= 0.6 is 0 Å². The third-order valence-corrected chi connectivity index (χ3v) is 12.3. The third kappa shape index (κ3) is 6.29. The van der Waals surface area contributed by atoms with E-state index in [4.69, 9.17) is 8.83 Å². The molecule has 0 saturated carbocycles. The van der Waals surface area contributed by atoms with Crippen LogP contribution in [0.2, 0.25) is 0 Å². The van der Waals surface area contributed by atoms with E-state index in [1.807, 2.05) is 18.2 Å². The number of para-hydroxylation sites is 4. The molecule has 3 nitrogen and oxygen atoms in total. The molecule has 0 radical (unpaired) electrons. The van der Waals surface area contributed by atoms with Crippen LogP contribution in [-0.2, 0) is 0 Å². The Hall–Kier alpha value is -8.40. The van der Waals surface area contributed by atoms with Gasteiger partial charge in [0.1, 0.15) is 22.3 Å². The highest BCUT2D eigenvalue weighted by atomic mass is 16.3. The van der Waals surface area contributed by atoms with E-state index >= 15 is 0 Å². The molecule has 0 aliphatic rings. The number of hydrogen-bond acceptors (Lipinski definition) is 3. The number of nitrogens with zero attached hydrogens (tertiary/aromatic N) is 1. The van der Waals surface area contributed by atoms with E-state index in [1.54, 1.807) is 0 Å². The predicted molar refractivity (Wildman–Crippen MR) is 263 cm³/mol. The van der Waals surface area contributed by atoms with E-state index in [9.17, 15) is 0 Å². The first-order valence-corrected chi connectivity index (χ1v) is 21.4. The van der Waals surface area contributed by atoms with E-state index in [0.29, 0.717) is 0 Å². The summed E-state index contributed by atoms with van der Waals surface area (Å²) in [5, 5.41) is 4.37. The Morgan fingerprint density at radius 3 is 1.59 bits per heavy atom. The van der Waals surface area contributed by atoms with E-state index in [1.165, 1.54) is 22.3 Å². The van der Waals surface area contributed by atoms with Crippen LogP contribution in [-0.4, -0.2) is 0 Å². The lowest BCUT2D eigenvalue weighted by molar-refractivity contribution is 0.669. The molecule has 0 N–H and O–H groups in total. The zero-order valence-electron chi connectivity index (χ0n) is 34.3. The molecule has 296 valence electrons. The van der Waals surface area contributed by atoms with Gasteiger partial charge in [-0.3, -0.25) is 0 Å². The molecular formula is C60H39NO2. The molecule has 2 heterocycles. The summed E-state index contributed by atoms with van der Waals surface area (Å²) in [7, 11) is 0. The van der Waals surface area contributed by atoms with Gasteiger partial charge in [0.2, 0.25) is 0 Å². The average Bonchev–Trinajstić information content (AvgIpc) is 3.94. The van der Waals surface area contributed by atoms with E-state index in [-0.39, 0.29) is 0 Å². The Balaban J connectivity index is 1.09. The lowest BCUT2D eigenvalue weighted by atomic mass is 9.86. The summed E-state index contributed by atoms with van der Waals surface area (Å²) < 4.78 is 13.0. The third-order valence-electron chi connectivity index (χ3n) is 12.3. The van der Waals surface area contributed by atoms with Crippen molar-refractivity contribution in [2.45, 2.75) is 0 Å². The van der Waals surface area contributed by atoms with Gasteiger partial charge in [-0.05, 0) is 93.0 Å². The summed E-state index contributed by atoms with van der Waals surface area (Å²) >= 11 is 0. The first kappa shape index (κ1) is 36.5. The predicted octanol–water partition coefficient (Wildman–Crippen LogP) is 17.3. The van der Waals surface area contributed by atoms with Crippen molar-refractivity contribution in [2.24, 2.45) is 0 Å². The van der Waals surface area contributed by atoms with Crippen molar-refractivity contribution < 1.29 is 8.83 Å².